The Hall–Kier alpha value is -6.97. The third kappa shape index (κ3) is 10.6. The van der Waals surface area contributed by atoms with E-state index in [-0.39, 0.29) is 54.0 Å². The molecule has 3 N–H and O–H groups in total. The molecule has 0 radical (unpaired) electrons. The number of ether oxygens (including phenoxy) is 3. The Morgan fingerprint density at radius 3 is 2.54 bits per heavy atom. The van der Waals surface area contributed by atoms with Gasteiger partial charge >= 0.3 is 0 Å². The third-order valence-electron chi connectivity index (χ3n) is 11.8. The number of thiophene rings is 1. The first-order chi connectivity index (χ1) is 32.7. The van der Waals surface area contributed by atoms with Crippen molar-refractivity contribution in [1.29, 1.82) is 0 Å². The fourth-order valence-electron chi connectivity index (χ4n) is 8.47. The number of methoxy groups -OCH3 is 1. The van der Waals surface area contributed by atoms with Crippen LogP contribution in [0.3, 0.4) is 0 Å². The Morgan fingerprint density at radius 2 is 1.79 bits per heavy atom. The van der Waals surface area contributed by atoms with Gasteiger partial charge in [0, 0.05) is 60.7 Å². The van der Waals surface area contributed by atoms with E-state index in [1.165, 1.54) is 35.5 Å². The predicted octanol–water partition coefficient (Wildman–Crippen LogP) is 4.22. The van der Waals surface area contributed by atoms with E-state index >= 15 is 0 Å². The minimum absolute atomic E-state index is 0.0117. The number of rotatable bonds is 21. The van der Waals surface area contributed by atoms with Crippen LogP contribution in [0.2, 0.25) is 0 Å². The molecule has 2 atom stereocenters. The van der Waals surface area contributed by atoms with Gasteiger partial charge < -0.3 is 29.7 Å². The highest BCUT2D eigenvalue weighted by Gasteiger charge is 2.44. The highest BCUT2D eigenvalue weighted by Crippen LogP contribution is 2.39. The van der Waals surface area contributed by atoms with Gasteiger partial charge in [0.05, 0.1) is 60.1 Å². The fourth-order valence-corrected chi connectivity index (χ4v) is 10.3. The first-order valence-electron chi connectivity index (χ1n) is 22.1. The molecule has 1 fully saturated rings. The molecule has 1 unspecified atom stereocenters. The smallest absolute Gasteiger partial charge is 0.264 e. The lowest BCUT2D eigenvalue weighted by Gasteiger charge is -2.29. The van der Waals surface area contributed by atoms with Gasteiger partial charge in [-0.1, -0.05) is 29.5 Å². The SMILES string of the molecule is CCOc1cc([C@@H](CS(C)(=O)=O)N2C(=O)c3cccc(NC(=O)CCCc4cn(CCNCc5ccc(OCc6scc7c6CN(C6CCC(=O)NC6=O)C7=O)cc5)nn4)c3C2=O)ccc1OC. The normalized spacial score (nSPS) is 16.2. The molecule has 3 aliphatic heterocycles. The average Bonchev–Trinajstić information content (AvgIpc) is 4.07. The molecule has 5 aromatic rings. The number of hydrogen-bond donors (Lipinski definition) is 3. The topological polar surface area (TPSA) is 238 Å². The number of anilines is 1. The van der Waals surface area contributed by atoms with Gasteiger partial charge in [-0.15, -0.1) is 16.4 Å². The number of sulfone groups is 1. The second-order valence-electron chi connectivity index (χ2n) is 16.6. The number of aryl methyl sites for hydroxylation is 1. The van der Waals surface area contributed by atoms with Crippen LogP contribution in [0.5, 0.6) is 17.2 Å². The summed E-state index contributed by atoms with van der Waals surface area (Å²) in [6.45, 7) is 4.45. The summed E-state index contributed by atoms with van der Waals surface area (Å²) in [6, 6.07) is 15.2. The molecule has 8 rings (SSSR count). The van der Waals surface area contributed by atoms with E-state index in [1.54, 1.807) is 41.3 Å². The summed E-state index contributed by atoms with van der Waals surface area (Å²) >= 11 is 1.45. The maximum absolute atomic E-state index is 14.0. The molecule has 0 spiro atoms. The molecule has 19 nitrogen and oxygen atoms in total. The van der Waals surface area contributed by atoms with E-state index in [2.05, 4.69) is 26.3 Å². The van der Waals surface area contributed by atoms with E-state index in [9.17, 15) is 37.2 Å². The Labute approximate surface area is 396 Å². The fraction of sp³-hybridized carbons (Fsp3) is 0.362. The van der Waals surface area contributed by atoms with Crippen molar-refractivity contribution in [3.63, 3.8) is 0 Å². The number of hydrogen-bond acceptors (Lipinski definition) is 15. The number of amides is 6. The minimum atomic E-state index is -3.70. The molecule has 3 aliphatic rings. The molecule has 356 valence electrons. The van der Waals surface area contributed by atoms with Crippen LogP contribution in [-0.2, 0) is 56.9 Å². The Bertz CT molecular complexity index is 2880. The number of imide groups is 2. The summed E-state index contributed by atoms with van der Waals surface area (Å²) in [5.41, 5.74) is 3.75. The molecular weight excluding hydrogens is 917 g/mol. The van der Waals surface area contributed by atoms with Gasteiger partial charge in [-0.05, 0) is 73.7 Å². The highest BCUT2D eigenvalue weighted by atomic mass is 32.2. The van der Waals surface area contributed by atoms with Crippen LogP contribution in [-0.4, -0.2) is 107 Å². The van der Waals surface area contributed by atoms with Gasteiger partial charge in [0.25, 0.3) is 17.7 Å². The van der Waals surface area contributed by atoms with Crippen LogP contribution >= 0.6 is 11.3 Å². The molecule has 0 bridgehead atoms. The highest BCUT2D eigenvalue weighted by molar-refractivity contribution is 7.90. The minimum Gasteiger partial charge on any atom is -0.493 e. The second-order valence-corrected chi connectivity index (χ2v) is 19.7. The van der Waals surface area contributed by atoms with Crippen LogP contribution < -0.4 is 30.2 Å². The summed E-state index contributed by atoms with van der Waals surface area (Å²) in [7, 11) is -2.23. The number of carbonyl (C=O) groups is 6. The summed E-state index contributed by atoms with van der Waals surface area (Å²) in [5.74, 6) is -1.85. The zero-order valence-corrected chi connectivity index (χ0v) is 39.2. The summed E-state index contributed by atoms with van der Waals surface area (Å²) in [6.07, 6.45) is 4.38. The number of nitrogens with zero attached hydrogens (tertiary/aromatic N) is 5. The van der Waals surface area contributed by atoms with Crippen molar-refractivity contribution in [2.75, 3.05) is 37.6 Å². The number of piperidine rings is 1. The van der Waals surface area contributed by atoms with Crippen LogP contribution in [0.1, 0.15) is 97.0 Å². The monoisotopic (exact) mass is 966 g/mol. The molecule has 21 heteroatoms. The molecule has 2 aromatic heterocycles. The van der Waals surface area contributed by atoms with Gasteiger partial charge in [0.15, 0.2) is 11.5 Å². The van der Waals surface area contributed by atoms with Crippen LogP contribution in [0, 0.1) is 0 Å². The second kappa shape index (κ2) is 20.5. The molecule has 1 saturated heterocycles. The first kappa shape index (κ1) is 47.5. The molecule has 6 amide bonds. The van der Waals surface area contributed by atoms with Gasteiger partial charge in [-0.25, -0.2) is 8.42 Å². The number of fused-ring (bicyclic) bond motifs is 2. The summed E-state index contributed by atoms with van der Waals surface area (Å²) in [4.78, 5) is 81.4. The van der Waals surface area contributed by atoms with Gasteiger partial charge in [-0.3, -0.25) is 43.7 Å². The molecular formula is C47H50N8O11S2. The van der Waals surface area contributed by atoms with Crippen molar-refractivity contribution in [2.24, 2.45) is 0 Å². The maximum atomic E-state index is 14.0. The van der Waals surface area contributed by atoms with E-state index in [4.69, 9.17) is 14.2 Å². The lowest BCUT2D eigenvalue weighted by atomic mass is 10.0. The van der Waals surface area contributed by atoms with Crippen molar-refractivity contribution < 1.29 is 51.4 Å². The average molecular weight is 967 g/mol. The first-order valence-corrected chi connectivity index (χ1v) is 25.0. The molecule has 0 saturated carbocycles. The van der Waals surface area contributed by atoms with E-state index in [0.29, 0.717) is 86.1 Å². The van der Waals surface area contributed by atoms with Crippen molar-refractivity contribution in [3.05, 3.63) is 116 Å². The third-order valence-corrected chi connectivity index (χ3v) is 13.7. The molecule has 3 aromatic carbocycles. The largest absolute Gasteiger partial charge is 0.493 e. The van der Waals surface area contributed by atoms with Crippen molar-refractivity contribution in [3.8, 4) is 17.2 Å². The van der Waals surface area contributed by atoms with Crippen LogP contribution in [0.4, 0.5) is 5.69 Å². The number of benzene rings is 3. The Morgan fingerprint density at radius 1 is 0.985 bits per heavy atom. The van der Waals surface area contributed by atoms with Crippen LogP contribution in [0.25, 0.3) is 0 Å². The van der Waals surface area contributed by atoms with E-state index in [1.807, 2.05) is 30.5 Å². The van der Waals surface area contributed by atoms with E-state index in [0.717, 1.165) is 27.2 Å². The number of nitrogens with one attached hydrogen (secondary N) is 3. The predicted molar refractivity (Wildman–Crippen MR) is 248 cm³/mol. The lowest BCUT2D eigenvalue weighted by molar-refractivity contribution is -0.137. The standard InChI is InChI=1S/C47H50N8O11S2/c1-4-65-39-21-29(13-17-38(39)64-2)37(27-68(3,62)63)55-46(60)32-8-6-9-35(43(32)47(55)61)49-41(56)10-5-7-30-23-53(52-51-30)20-19-48-22-28-11-14-31(15-12-28)66-25-40-33-24-54(45(59)34(33)26-67-40)36-16-18-42(57)50-44(36)58/h6,8-9,11-15,17,21,23,26,36-37,48H,4-5,7,10,16,18-20,22,24-25,27H2,1-3H3,(H,49,56)(H,50,57,58)/t36?,37-/m1/s1. The lowest BCUT2D eigenvalue weighted by Crippen LogP contribution is -2.52. The van der Waals surface area contributed by atoms with Gasteiger partial charge in [0.2, 0.25) is 17.7 Å². The number of aromatic nitrogens is 3. The Balaban J connectivity index is 0.773. The molecule has 5 heterocycles. The summed E-state index contributed by atoms with van der Waals surface area (Å²) < 4.78 is 44.1. The molecule has 0 aliphatic carbocycles. The Kier molecular flexibility index (Phi) is 14.3. The van der Waals surface area contributed by atoms with Crippen molar-refractivity contribution in [2.45, 2.75) is 77.4 Å². The summed E-state index contributed by atoms with van der Waals surface area (Å²) in [5, 5.41) is 18.8. The van der Waals surface area contributed by atoms with Crippen LogP contribution in [0.15, 0.2) is 72.2 Å². The molecule has 68 heavy (non-hydrogen) atoms. The van der Waals surface area contributed by atoms with Gasteiger partial charge in [0.1, 0.15) is 28.2 Å². The maximum Gasteiger partial charge on any atom is 0.264 e. The number of carbonyl (C=O) groups excluding carboxylic acids is 6. The van der Waals surface area contributed by atoms with E-state index < -0.39 is 45.4 Å². The quantitative estimate of drug-likeness (QED) is 0.0690. The van der Waals surface area contributed by atoms with Crippen molar-refractivity contribution >= 4 is 62.3 Å². The van der Waals surface area contributed by atoms with Gasteiger partial charge in [-0.2, -0.15) is 0 Å². The zero-order chi connectivity index (χ0) is 48.1. The zero-order valence-electron chi connectivity index (χ0n) is 37.6. The van der Waals surface area contributed by atoms with Crippen molar-refractivity contribution in [1.82, 2.24) is 35.4 Å².